The minimum Gasteiger partial charge on any atom is -0.373 e. The molecule has 2 atom stereocenters. The summed E-state index contributed by atoms with van der Waals surface area (Å²) in [5.41, 5.74) is 0. The number of aromatic nitrogens is 2. The van der Waals surface area contributed by atoms with E-state index < -0.39 is 0 Å². The Morgan fingerprint density at radius 3 is 2.81 bits per heavy atom. The predicted octanol–water partition coefficient (Wildman–Crippen LogP) is 0.738. The molecule has 0 saturated carbocycles. The van der Waals surface area contributed by atoms with Crippen LogP contribution in [0.1, 0.15) is 13.8 Å². The van der Waals surface area contributed by atoms with Crippen molar-refractivity contribution >= 4 is 17.7 Å². The maximum absolute atomic E-state index is 11.9. The third kappa shape index (κ3) is 5.33. The Kier molecular flexibility index (Phi) is 6.08. The first kappa shape index (κ1) is 16.3. The van der Waals surface area contributed by atoms with Gasteiger partial charge in [-0.05, 0) is 13.8 Å². The first-order chi connectivity index (χ1) is 10.0. The van der Waals surface area contributed by atoms with E-state index in [1.54, 1.807) is 18.0 Å². The first-order valence-corrected chi connectivity index (χ1v) is 8.28. The molecule has 1 aromatic heterocycles. The van der Waals surface area contributed by atoms with Crippen LogP contribution in [-0.2, 0) is 16.6 Å². The second-order valence-electron chi connectivity index (χ2n) is 5.47. The molecule has 1 aliphatic rings. The van der Waals surface area contributed by atoms with Gasteiger partial charge < -0.3 is 14.6 Å². The number of nitrogens with one attached hydrogen (secondary N) is 1. The van der Waals surface area contributed by atoms with Gasteiger partial charge in [0.15, 0.2) is 5.16 Å². The normalized spacial score (nSPS) is 23.2. The number of hydrogen-bond acceptors (Lipinski definition) is 5. The van der Waals surface area contributed by atoms with Crippen LogP contribution < -0.4 is 5.32 Å². The van der Waals surface area contributed by atoms with Crippen LogP contribution in [0.15, 0.2) is 17.6 Å². The van der Waals surface area contributed by atoms with Gasteiger partial charge in [0.05, 0.1) is 18.8 Å². The molecule has 0 bridgehead atoms. The van der Waals surface area contributed by atoms with E-state index in [0.29, 0.717) is 13.1 Å². The van der Waals surface area contributed by atoms with Gasteiger partial charge in [-0.1, -0.05) is 11.8 Å². The predicted molar refractivity (Wildman–Crippen MR) is 83.4 cm³/mol. The van der Waals surface area contributed by atoms with Crippen LogP contribution in [0.2, 0.25) is 0 Å². The van der Waals surface area contributed by atoms with Gasteiger partial charge in [-0.2, -0.15) is 0 Å². The number of thioether (sulfide) groups is 1. The fourth-order valence-electron chi connectivity index (χ4n) is 2.50. The maximum atomic E-state index is 11.9. The second-order valence-corrected chi connectivity index (χ2v) is 6.53. The highest BCUT2D eigenvalue weighted by Gasteiger charge is 2.23. The van der Waals surface area contributed by atoms with Crippen molar-refractivity contribution in [2.24, 2.45) is 7.05 Å². The molecule has 2 heterocycles. The number of aryl methyl sites for hydroxylation is 1. The van der Waals surface area contributed by atoms with Crippen molar-refractivity contribution in [1.82, 2.24) is 19.8 Å². The molecule has 1 fully saturated rings. The molecule has 0 spiro atoms. The first-order valence-electron chi connectivity index (χ1n) is 7.29. The van der Waals surface area contributed by atoms with Gasteiger partial charge in [-0.3, -0.25) is 9.69 Å². The lowest BCUT2D eigenvalue weighted by Crippen LogP contribution is -2.49. The quantitative estimate of drug-likeness (QED) is 0.620. The van der Waals surface area contributed by atoms with Crippen LogP contribution in [0, 0.1) is 0 Å². The molecule has 1 amide bonds. The monoisotopic (exact) mass is 312 g/mol. The lowest BCUT2D eigenvalue weighted by Gasteiger charge is -2.34. The molecule has 1 aromatic rings. The Labute approximate surface area is 130 Å². The highest BCUT2D eigenvalue weighted by Crippen LogP contribution is 2.13. The Balaban J connectivity index is 1.62. The fourth-order valence-corrected chi connectivity index (χ4v) is 3.28. The average Bonchev–Trinajstić information content (AvgIpc) is 2.79. The average molecular weight is 312 g/mol. The Bertz CT molecular complexity index is 456. The molecule has 0 aromatic carbocycles. The summed E-state index contributed by atoms with van der Waals surface area (Å²) in [6.45, 7) is 6.84. The fraction of sp³-hybridized carbons (Fsp3) is 0.714. The molecule has 118 valence electrons. The van der Waals surface area contributed by atoms with Gasteiger partial charge in [0.25, 0.3) is 0 Å². The van der Waals surface area contributed by atoms with E-state index in [2.05, 4.69) is 15.2 Å². The molecule has 1 N–H and O–H groups in total. The summed E-state index contributed by atoms with van der Waals surface area (Å²) < 4.78 is 7.64. The summed E-state index contributed by atoms with van der Waals surface area (Å²) in [6.07, 6.45) is 4.09. The van der Waals surface area contributed by atoms with Gasteiger partial charge in [0, 0.05) is 44.8 Å². The smallest absolute Gasteiger partial charge is 0.234 e. The van der Waals surface area contributed by atoms with E-state index in [1.807, 2.05) is 31.7 Å². The van der Waals surface area contributed by atoms with Crippen LogP contribution in [0.25, 0.3) is 0 Å². The van der Waals surface area contributed by atoms with Crippen LogP contribution >= 0.6 is 11.8 Å². The molecule has 7 heteroatoms. The summed E-state index contributed by atoms with van der Waals surface area (Å²) in [7, 11) is 1.97. The molecule has 2 rings (SSSR count). The molecule has 0 unspecified atom stereocenters. The third-order valence-electron chi connectivity index (χ3n) is 3.29. The second kappa shape index (κ2) is 7.82. The van der Waals surface area contributed by atoms with Gasteiger partial charge in [-0.15, -0.1) is 0 Å². The van der Waals surface area contributed by atoms with Crippen molar-refractivity contribution in [3.8, 4) is 0 Å². The van der Waals surface area contributed by atoms with Crippen molar-refractivity contribution < 1.29 is 9.53 Å². The van der Waals surface area contributed by atoms with Crippen LogP contribution in [0.5, 0.6) is 0 Å². The van der Waals surface area contributed by atoms with E-state index in [0.717, 1.165) is 24.0 Å². The van der Waals surface area contributed by atoms with Crippen LogP contribution in [0.3, 0.4) is 0 Å². The van der Waals surface area contributed by atoms with Crippen LogP contribution in [0.4, 0.5) is 0 Å². The SMILES string of the molecule is C[C@@H]1CN(CC(=O)NCCSc2nccn2C)C[C@H](C)O1. The summed E-state index contributed by atoms with van der Waals surface area (Å²) in [4.78, 5) is 18.3. The van der Waals surface area contributed by atoms with Crippen molar-refractivity contribution in [1.29, 1.82) is 0 Å². The lowest BCUT2D eigenvalue weighted by molar-refractivity contribution is -0.125. The standard InChI is InChI=1S/C14H24N4O2S/c1-11-8-18(9-12(2)20-11)10-13(19)15-5-7-21-14-16-4-6-17(14)3/h4,6,11-12H,5,7-10H2,1-3H3,(H,15,19)/t11-,12+. The third-order valence-corrected chi connectivity index (χ3v) is 4.35. The molecule has 0 aliphatic carbocycles. The molecule has 6 nitrogen and oxygen atoms in total. The topological polar surface area (TPSA) is 59.4 Å². The number of hydrogen-bond donors (Lipinski definition) is 1. The molecular formula is C14H24N4O2S. The van der Waals surface area contributed by atoms with Gasteiger partial charge in [0.1, 0.15) is 0 Å². The lowest BCUT2D eigenvalue weighted by atomic mass is 10.2. The number of carbonyl (C=O) groups excluding carboxylic acids is 1. The van der Waals surface area contributed by atoms with Crippen LogP contribution in [-0.4, -0.2) is 64.5 Å². The minimum atomic E-state index is 0.0803. The van der Waals surface area contributed by atoms with E-state index >= 15 is 0 Å². The highest BCUT2D eigenvalue weighted by molar-refractivity contribution is 7.99. The number of imidazole rings is 1. The van der Waals surface area contributed by atoms with Gasteiger partial charge in [0.2, 0.25) is 5.91 Å². The van der Waals surface area contributed by atoms with Crippen molar-refractivity contribution in [3.05, 3.63) is 12.4 Å². The molecule has 1 saturated heterocycles. The number of carbonyl (C=O) groups is 1. The molecule has 0 radical (unpaired) electrons. The van der Waals surface area contributed by atoms with E-state index in [-0.39, 0.29) is 18.1 Å². The van der Waals surface area contributed by atoms with Crippen molar-refractivity contribution in [2.45, 2.75) is 31.2 Å². The van der Waals surface area contributed by atoms with Gasteiger partial charge >= 0.3 is 0 Å². The molecule has 1 aliphatic heterocycles. The summed E-state index contributed by atoms with van der Waals surface area (Å²) in [5.74, 6) is 0.906. The summed E-state index contributed by atoms with van der Waals surface area (Å²) >= 11 is 1.65. The number of rotatable bonds is 6. The zero-order chi connectivity index (χ0) is 15.2. The Morgan fingerprint density at radius 2 is 2.19 bits per heavy atom. The molecule has 21 heavy (non-hydrogen) atoms. The van der Waals surface area contributed by atoms with E-state index in [9.17, 15) is 4.79 Å². The number of morpholine rings is 1. The minimum absolute atomic E-state index is 0.0803. The van der Waals surface area contributed by atoms with Gasteiger partial charge in [-0.25, -0.2) is 4.98 Å². The zero-order valence-corrected chi connectivity index (χ0v) is 13.7. The maximum Gasteiger partial charge on any atom is 0.234 e. The van der Waals surface area contributed by atoms with Crippen molar-refractivity contribution in [3.63, 3.8) is 0 Å². The van der Waals surface area contributed by atoms with E-state index in [4.69, 9.17) is 4.74 Å². The number of nitrogens with zero attached hydrogens (tertiary/aromatic N) is 3. The van der Waals surface area contributed by atoms with E-state index in [1.165, 1.54) is 0 Å². The Morgan fingerprint density at radius 1 is 1.48 bits per heavy atom. The Hall–Kier alpha value is -1.05. The highest BCUT2D eigenvalue weighted by atomic mass is 32.2. The zero-order valence-electron chi connectivity index (χ0n) is 12.9. The van der Waals surface area contributed by atoms with Crippen molar-refractivity contribution in [2.75, 3.05) is 31.9 Å². The largest absolute Gasteiger partial charge is 0.373 e. The number of ether oxygens (including phenoxy) is 1. The molecular weight excluding hydrogens is 288 g/mol. The summed E-state index contributed by atoms with van der Waals surface area (Å²) in [5, 5.41) is 3.93. The summed E-state index contributed by atoms with van der Waals surface area (Å²) in [6, 6.07) is 0. The number of amides is 1.